The van der Waals surface area contributed by atoms with Crippen LogP contribution in [-0.2, 0) is 4.79 Å². The van der Waals surface area contributed by atoms with Crippen molar-refractivity contribution >= 4 is 17.5 Å². The van der Waals surface area contributed by atoms with Crippen LogP contribution in [0.1, 0.15) is 10.4 Å². The standard InChI is InChI=1S/C9H10N2O3/c10-9(14)6-3-1-2-4-7(6)11-8(13)5-12/h1-4,12H,5H2,(H2,10,14)(H,11,13). The lowest BCUT2D eigenvalue weighted by molar-refractivity contribution is -0.118. The van der Waals surface area contributed by atoms with Crippen molar-refractivity contribution in [2.75, 3.05) is 11.9 Å². The van der Waals surface area contributed by atoms with Crippen LogP contribution >= 0.6 is 0 Å². The van der Waals surface area contributed by atoms with Crippen molar-refractivity contribution in [2.45, 2.75) is 0 Å². The molecule has 0 atom stereocenters. The topological polar surface area (TPSA) is 92.4 Å². The maximum atomic E-state index is 10.9. The number of rotatable bonds is 3. The second-order valence-electron chi connectivity index (χ2n) is 2.62. The van der Waals surface area contributed by atoms with Gasteiger partial charge < -0.3 is 16.2 Å². The monoisotopic (exact) mass is 194 g/mol. The van der Waals surface area contributed by atoms with Gasteiger partial charge in [0, 0.05) is 0 Å². The van der Waals surface area contributed by atoms with E-state index in [0.717, 1.165) is 0 Å². The van der Waals surface area contributed by atoms with Crippen molar-refractivity contribution in [2.24, 2.45) is 5.73 Å². The number of para-hydroxylation sites is 1. The number of hydrogen-bond donors (Lipinski definition) is 3. The summed E-state index contributed by atoms with van der Waals surface area (Å²) in [5.74, 6) is -1.21. The van der Waals surface area contributed by atoms with Crippen LogP contribution in [0.3, 0.4) is 0 Å². The summed E-state index contributed by atoms with van der Waals surface area (Å²) in [7, 11) is 0. The lowest BCUT2D eigenvalue weighted by Gasteiger charge is -2.06. The summed E-state index contributed by atoms with van der Waals surface area (Å²) in [5.41, 5.74) is 5.60. The Labute approximate surface area is 80.5 Å². The van der Waals surface area contributed by atoms with Gasteiger partial charge in [-0.1, -0.05) is 12.1 Å². The van der Waals surface area contributed by atoms with Gasteiger partial charge in [0.1, 0.15) is 6.61 Å². The summed E-state index contributed by atoms with van der Waals surface area (Å²) in [4.78, 5) is 21.7. The number of aliphatic hydroxyl groups excluding tert-OH is 1. The van der Waals surface area contributed by atoms with Gasteiger partial charge >= 0.3 is 0 Å². The first-order valence-electron chi connectivity index (χ1n) is 3.94. The highest BCUT2D eigenvalue weighted by molar-refractivity contribution is 6.03. The molecule has 1 aromatic carbocycles. The first-order chi connectivity index (χ1) is 6.65. The van der Waals surface area contributed by atoms with Crippen molar-refractivity contribution < 1.29 is 14.7 Å². The predicted molar refractivity (Wildman–Crippen MR) is 50.7 cm³/mol. The summed E-state index contributed by atoms with van der Waals surface area (Å²) in [6.07, 6.45) is 0. The van der Waals surface area contributed by atoms with E-state index < -0.39 is 18.4 Å². The molecule has 0 unspecified atom stereocenters. The van der Waals surface area contributed by atoms with Gasteiger partial charge in [0.15, 0.2) is 0 Å². The largest absolute Gasteiger partial charge is 0.387 e. The average Bonchev–Trinajstić information content (AvgIpc) is 2.18. The number of primary amides is 1. The Bertz CT molecular complexity index is 363. The third-order valence-electron chi connectivity index (χ3n) is 1.61. The quantitative estimate of drug-likeness (QED) is 0.617. The van der Waals surface area contributed by atoms with Crippen molar-refractivity contribution in [3.63, 3.8) is 0 Å². The zero-order valence-electron chi connectivity index (χ0n) is 7.36. The molecule has 5 heteroatoms. The van der Waals surface area contributed by atoms with E-state index in [2.05, 4.69) is 5.32 Å². The van der Waals surface area contributed by atoms with Crippen LogP contribution in [0.4, 0.5) is 5.69 Å². The van der Waals surface area contributed by atoms with E-state index in [1.165, 1.54) is 12.1 Å². The summed E-state index contributed by atoms with van der Waals surface area (Å²) >= 11 is 0. The molecule has 0 bridgehead atoms. The van der Waals surface area contributed by atoms with Crippen molar-refractivity contribution in [1.82, 2.24) is 0 Å². The van der Waals surface area contributed by atoms with E-state index >= 15 is 0 Å². The van der Waals surface area contributed by atoms with E-state index in [9.17, 15) is 9.59 Å². The summed E-state index contributed by atoms with van der Waals surface area (Å²) in [6.45, 7) is -0.632. The average molecular weight is 194 g/mol. The molecule has 0 spiro atoms. The molecule has 2 amide bonds. The molecular formula is C9H10N2O3. The molecule has 0 radical (unpaired) electrons. The third kappa shape index (κ3) is 2.30. The Balaban J connectivity index is 2.95. The maximum absolute atomic E-state index is 10.9. The SMILES string of the molecule is NC(=O)c1ccccc1NC(=O)CO. The van der Waals surface area contributed by atoms with Crippen LogP contribution in [0.2, 0.25) is 0 Å². The van der Waals surface area contributed by atoms with Crippen LogP contribution in [0.5, 0.6) is 0 Å². The van der Waals surface area contributed by atoms with E-state index in [-0.39, 0.29) is 5.56 Å². The van der Waals surface area contributed by atoms with Gasteiger partial charge in [0.2, 0.25) is 5.91 Å². The number of aliphatic hydroxyl groups is 1. The van der Waals surface area contributed by atoms with Crippen LogP contribution in [0.25, 0.3) is 0 Å². The van der Waals surface area contributed by atoms with Crippen LogP contribution in [0.15, 0.2) is 24.3 Å². The maximum Gasteiger partial charge on any atom is 0.250 e. The normalized spacial score (nSPS) is 9.50. The molecule has 0 saturated carbocycles. The number of nitrogens with one attached hydrogen (secondary N) is 1. The Morgan fingerprint density at radius 1 is 1.36 bits per heavy atom. The fraction of sp³-hybridized carbons (Fsp3) is 0.111. The number of carbonyl (C=O) groups excluding carboxylic acids is 2. The molecule has 0 heterocycles. The lowest BCUT2D eigenvalue weighted by atomic mass is 10.1. The van der Waals surface area contributed by atoms with Crippen LogP contribution in [-0.4, -0.2) is 23.5 Å². The molecule has 0 fully saturated rings. The Kier molecular flexibility index (Phi) is 3.19. The molecule has 74 valence electrons. The highest BCUT2D eigenvalue weighted by atomic mass is 16.3. The van der Waals surface area contributed by atoms with Gasteiger partial charge in [-0.3, -0.25) is 9.59 Å². The molecule has 4 N–H and O–H groups in total. The fourth-order valence-corrected chi connectivity index (χ4v) is 0.997. The molecule has 0 aliphatic rings. The Morgan fingerprint density at radius 2 is 2.00 bits per heavy atom. The predicted octanol–water partition coefficient (Wildman–Crippen LogP) is -0.284. The smallest absolute Gasteiger partial charge is 0.250 e. The molecule has 0 aliphatic carbocycles. The minimum Gasteiger partial charge on any atom is -0.387 e. The van der Waals surface area contributed by atoms with E-state index in [1.54, 1.807) is 12.1 Å². The van der Waals surface area contributed by atoms with Crippen LogP contribution in [0, 0.1) is 0 Å². The van der Waals surface area contributed by atoms with Gasteiger partial charge in [0.05, 0.1) is 11.3 Å². The molecular weight excluding hydrogens is 184 g/mol. The summed E-state index contributed by atoms with van der Waals surface area (Å²) in [5, 5.41) is 10.8. The zero-order valence-corrected chi connectivity index (χ0v) is 7.36. The van der Waals surface area contributed by atoms with E-state index in [4.69, 9.17) is 10.8 Å². The van der Waals surface area contributed by atoms with Gasteiger partial charge in [-0.2, -0.15) is 0 Å². The molecule has 0 saturated heterocycles. The number of carbonyl (C=O) groups is 2. The van der Waals surface area contributed by atoms with E-state index in [1.807, 2.05) is 0 Å². The van der Waals surface area contributed by atoms with E-state index in [0.29, 0.717) is 5.69 Å². The molecule has 1 aromatic rings. The second kappa shape index (κ2) is 4.38. The molecule has 0 aliphatic heterocycles. The lowest BCUT2D eigenvalue weighted by Crippen LogP contribution is -2.20. The third-order valence-corrected chi connectivity index (χ3v) is 1.61. The van der Waals surface area contributed by atoms with Crippen molar-refractivity contribution in [3.8, 4) is 0 Å². The van der Waals surface area contributed by atoms with Gasteiger partial charge in [0.25, 0.3) is 5.91 Å². The van der Waals surface area contributed by atoms with Gasteiger partial charge in [-0.25, -0.2) is 0 Å². The Hall–Kier alpha value is -1.88. The fourth-order valence-electron chi connectivity index (χ4n) is 0.997. The molecule has 14 heavy (non-hydrogen) atoms. The highest BCUT2D eigenvalue weighted by Gasteiger charge is 2.08. The van der Waals surface area contributed by atoms with Gasteiger partial charge in [-0.05, 0) is 12.1 Å². The number of anilines is 1. The highest BCUT2D eigenvalue weighted by Crippen LogP contribution is 2.13. The minimum absolute atomic E-state index is 0.217. The van der Waals surface area contributed by atoms with Crippen molar-refractivity contribution in [1.29, 1.82) is 0 Å². The zero-order chi connectivity index (χ0) is 10.6. The minimum atomic E-state index is -0.632. The molecule has 0 aromatic heterocycles. The number of nitrogens with two attached hydrogens (primary N) is 1. The van der Waals surface area contributed by atoms with Gasteiger partial charge in [-0.15, -0.1) is 0 Å². The second-order valence-corrected chi connectivity index (χ2v) is 2.62. The summed E-state index contributed by atoms with van der Waals surface area (Å²) < 4.78 is 0. The number of hydrogen-bond acceptors (Lipinski definition) is 3. The first kappa shape index (κ1) is 10.2. The molecule has 5 nitrogen and oxygen atoms in total. The first-order valence-corrected chi connectivity index (χ1v) is 3.94. The molecule has 1 rings (SSSR count). The number of amides is 2. The van der Waals surface area contributed by atoms with Crippen molar-refractivity contribution in [3.05, 3.63) is 29.8 Å². The number of benzene rings is 1. The summed E-state index contributed by atoms with van der Waals surface area (Å²) in [6, 6.07) is 6.32. The Morgan fingerprint density at radius 3 is 2.57 bits per heavy atom. The van der Waals surface area contributed by atoms with Crippen LogP contribution < -0.4 is 11.1 Å².